The SMILES string of the molecule is COC(=O)CCNC(=O)CCNC(=O)c1ccc(C)cc1. The van der Waals surface area contributed by atoms with Gasteiger partial charge in [-0.25, -0.2) is 0 Å². The van der Waals surface area contributed by atoms with Crippen molar-refractivity contribution in [3.63, 3.8) is 0 Å². The number of methoxy groups -OCH3 is 1. The van der Waals surface area contributed by atoms with Gasteiger partial charge < -0.3 is 15.4 Å². The summed E-state index contributed by atoms with van der Waals surface area (Å²) >= 11 is 0. The molecule has 0 saturated heterocycles. The molecule has 0 heterocycles. The number of esters is 1. The van der Waals surface area contributed by atoms with Crippen molar-refractivity contribution in [2.45, 2.75) is 19.8 Å². The lowest BCUT2D eigenvalue weighted by Gasteiger charge is -2.06. The molecule has 6 nitrogen and oxygen atoms in total. The summed E-state index contributed by atoms with van der Waals surface area (Å²) in [5.74, 6) is -0.802. The quantitative estimate of drug-likeness (QED) is 0.728. The number of carbonyl (C=O) groups is 3. The average molecular weight is 292 g/mol. The minimum atomic E-state index is -0.372. The third kappa shape index (κ3) is 6.56. The fourth-order valence-corrected chi connectivity index (χ4v) is 1.59. The van der Waals surface area contributed by atoms with Crippen molar-refractivity contribution in [1.29, 1.82) is 0 Å². The van der Waals surface area contributed by atoms with Crippen molar-refractivity contribution in [1.82, 2.24) is 10.6 Å². The second-order valence-electron chi connectivity index (χ2n) is 4.55. The Morgan fingerprint density at radius 1 is 1.00 bits per heavy atom. The van der Waals surface area contributed by atoms with E-state index >= 15 is 0 Å². The van der Waals surface area contributed by atoms with Crippen LogP contribution in [-0.4, -0.2) is 38.0 Å². The van der Waals surface area contributed by atoms with Crippen molar-refractivity contribution < 1.29 is 19.1 Å². The maximum atomic E-state index is 11.8. The predicted molar refractivity (Wildman–Crippen MR) is 77.8 cm³/mol. The first-order chi connectivity index (χ1) is 10.0. The van der Waals surface area contributed by atoms with Gasteiger partial charge in [-0.05, 0) is 19.1 Å². The van der Waals surface area contributed by atoms with Gasteiger partial charge in [-0.1, -0.05) is 17.7 Å². The number of amides is 2. The fraction of sp³-hybridized carbons (Fsp3) is 0.400. The molecule has 0 aliphatic carbocycles. The molecular weight excluding hydrogens is 272 g/mol. The molecule has 0 atom stereocenters. The van der Waals surface area contributed by atoms with E-state index in [2.05, 4.69) is 15.4 Å². The summed E-state index contributed by atoms with van der Waals surface area (Å²) < 4.78 is 4.45. The molecule has 0 aliphatic rings. The maximum absolute atomic E-state index is 11.8. The first-order valence-electron chi connectivity index (χ1n) is 6.71. The number of hydrogen-bond donors (Lipinski definition) is 2. The summed E-state index contributed by atoms with van der Waals surface area (Å²) in [6, 6.07) is 7.19. The summed E-state index contributed by atoms with van der Waals surface area (Å²) in [7, 11) is 1.30. The lowest BCUT2D eigenvalue weighted by Crippen LogP contribution is -2.31. The van der Waals surface area contributed by atoms with Gasteiger partial charge in [0.1, 0.15) is 0 Å². The Kier molecular flexibility index (Phi) is 6.94. The Balaban J connectivity index is 2.20. The number of rotatable bonds is 7. The molecular formula is C15H20N2O4. The van der Waals surface area contributed by atoms with Gasteiger partial charge in [0.05, 0.1) is 13.5 Å². The smallest absolute Gasteiger partial charge is 0.307 e. The second kappa shape index (κ2) is 8.73. The van der Waals surface area contributed by atoms with Crippen LogP contribution < -0.4 is 10.6 Å². The third-order valence-electron chi connectivity index (χ3n) is 2.83. The summed E-state index contributed by atoms with van der Waals surface area (Å²) in [5.41, 5.74) is 1.64. The van der Waals surface area contributed by atoms with Crippen LogP contribution in [0.15, 0.2) is 24.3 Å². The number of benzene rings is 1. The molecule has 0 saturated carbocycles. The molecule has 6 heteroatoms. The standard InChI is InChI=1S/C15H20N2O4/c1-11-3-5-12(6-4-11)15(20)17-9-7-13(18)16-10-8-14(19)21-2/h3-6H,7-10H2,1-2H3,(H,16,18)(H,17,20). The van der Waals surface area contributed by atoms with Crippen LogP contribution in [-0.2, 0) is 14.3 Å². The molecule has 114 valence electrons. The fourth-order valence-electron chi connectivity index (χ4n) is 1.59. The zero-order valence-corrected chi connectivity index (χ0v) is 12.3. The highest BCUT2D eigenvalue weighted by Crippen LogP contribution is 2.02. The lowest BCUT2D eigenvalue weighted by atomic mass is 10.1. The molecule has 0 radical (unpaired) electrons. The Morgan fingerprint density at radius 2 is 1.62 bits per heavy atom. The predicted octanol–water partition coefficient (Wildman–Crippen LogP) is 0.794. The van der Waals surface area contributed by atoms with Crippen LogP contribution >= 0.6 is 0 Å². The van der Waals surface area contributed by atoms with Crippen LogP contribution in [0.4, 0.5) is 0 Å². The lowest BCUT2D eigenvalue weighted by molar-refractivity contribution is -0.140. The Hall–Kier alpha value is -2.37. The number of carbonyl (C=O) groups excluding carboxylic acids is 3. The molecule has 1 rings (SSSR count). The normalized spacial score (nSPS) is 9.81. The summed E-state index contributed by atoms with van der Waals surface area (Å²) in [6.07, 6.45) is 0.302. The molecule has 21 heavy (non-hydrogen) atoms. The van der Waals surface area contributed by atoms with Crippen LogP contribution in [0, 0.1) is 6.92 Å². The summed E-state index contributed by atoms with van der Waals surface area (Å²) in [4.78, 5) is 34.1. The molecule has 0 aliphatic heterocycles. The topological polar surface area (TPSA) is 84.5 Å². The van der Waals surface area contributed by atoms with Crippen molar-refractivity contribution in [3.05, 3.63) is 35.4 Å². The molecule has 0 aromatic heterocycles. The van der Waals surface area contributed by atoms with Crippen LogP contribution in [0.2, 0.25) is 0 Å². The minimum absolute atomic E-state index is 0.137. The van der Waals surface area contributed by atoms with Gasteiger partial charge in [-0.3, -0.25) is 14.4 Å². The number of hydrogen-bond acceptors (Lipinski definition) is 4. The van der Waals surface area contributed by atoms with Gasteiger partial charge >= 0.3 is 5.97 Å². The zero-order valence-electron chi connectivity index (χ0n) is 12.3. The van der Waals surface area contributed by atoms with Gasteiger partial charge in [0.2, 0.25) is 5.91 Å². The van der Waals surface area contributed by atoms with E-state index in [1.165, 1.54) is 7.11 Å². The van der Waals surface area contributed by atoms with Crippen LogP contribution in [0.3, 0.4) is 0 Å². The summed E-state index contributed by atoms with van der Waals surface area (Å²) in [6.45, 7) is 2.43. The monoisotopic (exact) mass is 292 g/mol. The van der Waals surface area contributed by atoms with Crippen LogP contribution in [0.25, 0.3) is 0 Å². The average Bonchev–Trinajstić information content (AvgIpc) is 2.47. The van der Waals surface area contributed by atoms with Gasteiger partial charge in [0.15, 0.2) is 0 Å². The van der Waals surface area contributed by atoms with E-state index in [-0.39, 0.29) is 43.7 Å². The van der Waals surface area contributed by atoms with E-state index in [1.54, 1.807) is 12.1 Å². The van der Waals surface area contributed by atoms with E-state index in [0.29, 0.717) is 5.56 Å². The van der Waals surface area contributed by atoms with Crippen LogP contribution in [0.1, 0.15) is 28.8 Å². The van der Waals surface area contributed by atoms with Crippen LogP contribution in [0.5, 0.6) is 0 Å². The van der Waals surface area contributed by atoms with E-state index in [4.69, 9.17) is 0 Å². The first kappa shape index (κ1) is 16.7. The molecule has 1 aromatic carbocycles. The highest BCUT2D eigenvalue weighted by Gasteiger charge is 2.07. The van der Waals surface area contributed by atoms with E-state index in [9.17, 15) is 14.4 Å². The minimum Gasteiger partial charge on any atom is -0.469 e. The van der Waals surface area contributed by atoms with Gasteiger partial charge in [0, 0.05) is 25.1 Å². The zero-order chi connectivity index (χ0) is 15.7. The third-order valence-corrected chi connectivity index (χ3v) is 2.83. The first-order valence-corrected chi connectivity index (χ1v) is 6.71. The van der Waals surface area contributed by atoms with Crippen molar-refractivity contribution in [2.75, 3.05) is 20.2 Å². The van der Waals surface area contributed by atoms with Gasteiger partial charge in [-0.15, -0.1) is 0 Å². The molecule has 0 fully saturated rings. The van der Waals surface area contributed by atoms with E-state index in [1.807, 2.05) is 19.1 Å². The van der Waals surface area contributed by atoms with Crippen molar-refractivity contribution in [2.24, 2.45) is 0 Å². The molecule has 0 bridgehead atoms. The second-order valence-corrected chi connectivity index (χ2v) is 4.55. The Morgan fingerprint density at radius 3 is 2.24 bits per heavy atom. The number of ether oxygens (including phenoxy) is 1. The molecule has 2 amide bonds. The summed E-state index contributed by atoms with van der Waals surface area (Å²) in [5, 5.41) is 5.25. The Labute approximate surface area is 123 Å². The largest absolute Gasteiger partial charge is 0.469 e. The number of aryl methyl sites for hydroxylation is 1. The molecule has 1 aromatic rings. The highest BCUT2D eigenvalue weighted by molar-refractivity contribution is 5.94. The Bertz CT molecular complexity index is 497. The maximum Gasteiger partial charge on any atom is 0.307 e. The van der Waals surface area contributed by atoms with Gasteiger partial charge in [-0.2, -0.15) is 0 Å². The molecule has 0 unspecified atom stereocenters. The van der Waals surface area contributed by atoms with E-state index < -0.39 is 0 Å². The molecule has 2 N–H and O–H groups in total. The van der Waals surface area contributed by atoms with Crippen molar-refractivity contribution in [3.8, 4) is 0 Å². The highest BCUT2D eigenvalue weighted by atomic mass is 16.5. The van der Waals surface area contributed by atoms with Gasteiger partial charge in [0.25, 0.3) is 5.91 Å². The molecule has 0 spiro atoms. The van der Waals surface area contributed by atoms with E-state index in [0.717, 1.165) is 5.56 Å². The number of nitrogens with one attached hydrogen (secondary N) is 2. The van der Waals surface area contributed by atoms with Crippen molar-refractivity contribution >= 4 is 17.8 Å².